The molecule has 0 unspecified atom stereocenters. The third-order valence-electron chi connectivity index (χ3n) is 2.17. The average Bonchev–Trinajstić information content (AvgIpc) is 2.11. The molecule has 1 rings (SSSR count). The number of nitrogens with one attached hydrogen (secondary N) is 1. The number of carbonyl (C=O) groups excluding carboxylic acids is 1. The Morgan fingerprint density at radius 1 is 1.57 bits per heavy atom. The highest BCUT2D eigenvalue weighted by Crippen LogP contribution is 2.13. The Labute approximate surface area is 85.0 Å². The van der Waals surface area contributed by atoms with Crippen LogP contribution in [0.15, 0.2) is 0 Å². The number of amides is 1. The molecule has 1 aliphatic rings. The van der Waals surface area contributed by atoms with E-state index < -0.39 is 0 Å². The first kappa shape index (κ1) is 11.5. The first-order valence-electron chi connectivity index (χ1n) is 5.25. The Morgan fingerprint density at radius 2 is 2.36 bits per heavy atom. The number of hydrogen-bond donors (Lipinski definition) is 1. The van der Waals surface area contributed by atoms with Crippen LogP contribution in [0.25, 0.3) is 0 Å². The Balaban J connectivity index is 1.87. The van der Waals surface area contributed by atoms with Crippen LogP contribution in [0.1, 0.15) is 19.8 Å². The molecule has 1 fully saturated rings. The number of rotatable bonds is 7. The van der Waals surface area contributed by atoms with Crippen molar-refractivity contribution in [1.29, 1.82) is 0 Å². The van der Waals surface area contributed by atoms with Crippen LogP contribution in [0.3, 0.4) is 0 Å². The summed E-state index contributed by atoms with van der Waals surface area (Å²) in [5.41, 5.74) is 0. The van der Waals surface area contributed by atoms with Gasteiger partial charge in [-0.2, -0.15) is 0 Å². The standard InChI is InChI=1S/C10H19NO3/c1-2-13-5-3-4-11-10(12)6-9-7-14-8-9/h9H,2-8H2,1H3,(H,11,12). The molecule has 14 heavy (non-hydrogen) atoms. The van der Waals surface area contributed by atoms with Gasteiger partial charge in [-0.05, 0) is 13.3 Å². The summed E-state index contributed by atoms with van der Waals surface area (Å²) in [7, 11) is 0. The van der Waals surface area contributed by atoms with Crippen LogP contribution in [0.2, 0.25) is 0 Å². The van der Waals surface area contributed by atoms with Crippen LogP contribution in [-0.4, -0.2) is 38.9 Å². The molecule has 0 saturated carbocycles. The van der Waals surface area contributed by atoms with E-state index >= 15 is 0 Å². The fourth-order valence-corrected chi connectivity index (χ4v) is 1.28. The molecule has 0 aromatic heterocycles. The molecule has 1 heterocycles. The topological polar surface area (TPSA) is 47.6 Å². The van der Waals surface area contributed by atoms with Gasteiger partial charge in [0, 0.05) is 32.1 Å². The van der Waals surface area contributed by atoms with Crippen molar-refractivity contribution in [3.63, 3.8) is 0 Å². The van der Waals surface area contributed by atoms with Gasteiger partial charge in [-0.1, -0.05) is 0 Å². The van der Waals surface area contributed by atoms with E-state index in [-0.39, 0.29) is 5.91 Å². The first-order valence-corrected chi connectivity index (χ1v) is 5.25. The van der Waals surface area contributed by atoms with Crippen molar-refractivity contribution in [2.45, 2.75) is 19.8 Å². The van der Waals surface area contributed by atoms with Gasteiger partial charge < -0.3 is 14.8 Å². The summed E-state index contributed by atoms with van der Waals surface area (Å²) in [6, 6.07) is 0. The summed E-state index contributed by atoms with van der Waals surface area (Å²) in [4.78, 5) is 11.3. The van der Waals surface area contributed by atoms with Crippen LogP contribution in [0.4, 0.5) is 0 Å². The zero-order valence-electron chi connectivity index (χ0n) is 8.75. The van der Waals surface area contributed by atoms with E-state index in [0.717, 1.165) is 32.8 Å². The Kier molecular flexibility index (Phi) is 5.56. The molecule has 1 N–H and O–H groups in total. The largest absolute Gasteiger partial charge is 0.382 e. The second-order valence-corrected chi connectivity index (χ2v) is 3.51. The highest BCUT2D eigenvalue weighted by Gasteiger charge is 2.21. The normalized spacial score (nSPS) is 16.4. The minimum absolute atomic E-state index is 0.134. The number of ether oxygens (including phenoxy) is 2. The molecule has 0 atom stereocenters. The minimum atomic E-state index is 0.134. The fraction of sp³-hybridized carbons (Fsp3) is 0.900. The van der Waals surface area contributed by atoms with E-state index in [9.17, 15) is 4.79 Å². The summed E-state index contributed by atoms with van der Waals surface area (Å²) in [5, 5.41) is 2.87. The van der Waals surface area contributed by atoms with Crippen LogP contribution in [0.5, 0.6) is 0 Å². The molecule has 4 heteroatoms. The van der Waals surface area contributed by atoms with Crippen molar-refractivity contribution in [1.82, 2.24) is 5.32 Å². The lowest BCUT2D eigenvalue weighted by atomic mass is 10.0. The number of hydrogen-bond acceptors (Lipinski definition) is 3. The van der Waals surface area contributed by atoms with Crippen LogP contribution in [-0.2, 0) is 14.3 Å². The fourth-order valence-electron chi connectivity index (χ4n) is 1.28. The van der Waals surface area contributed by atoms with E-state index in [1.54, 1.807) is 0 Å². The maximum Gasteiger partial charge on any atom is 0.220 e. The average molecular weight is 201 g/mol. The summed E-state index contributed by atoms with van der Waals surface area (Å²) in [5.74, 6) is 0.580. The second-order valence-electron chi connectivity index (χ2n) is 3.51. The van der Waals surface area contributed by atoms with Gasteiger partial charge >= 0.3 is 0 Å². The van der Waals surface area contributed by atoms with Gasteiger partial charge in [0.2, 0.25) is 5.91 Å². The van der Waals surface area contributed by atoms with Gasteiger partial charge in [-0.25, -0.2) is 0 Å². The van der Waals surface area contributed by atoms with Gasteiger partial charge in [0.1, 0.15) is 0 Å². The van der Waals surface area contributed by atoms with E-state index in [1.807, 2.05) is 6.92 Å². The molecule has 0 radical (unpaired) electrons. The molecule has 1 aliphatic heterocycles. The predicted octanol–water partition coefficient (Wildman–Crippen LogP) is 0.566. The van der Waals surface area contributed by atoms with Crippen LogP contribution >= 0.6 is 0 Å². The Bertz CT molecular complexity index is 169. The highest BCUT2D eigenvalue weighted by molar-refractivity contribution is 5.76. The third kappa shape index (κ3) is 4.58. The van der Waals surface area contributed by atoms with Crippen LogP contribution in [0, 0.1) is 5.92 Å². The minimum Gasteiger partial charge on any atom is -0.382 e. The smallest absolute Gasteiger partial charge is 0.220 e. The maximum atomic E-state index is 11.3. The van der Waals surface area contributed by atoms with Crippen molar-refractivity contribution in [2.24, 2.45) is 5.92 Å². The molecule has 1 amide bonds. The van der Waals surface area contributed by atoms with Crippen molar-refractivity contribution in [2.75, 3.05) is 33.0 Å². The SMILES string of the molecule is CCOCCCNC(=O)CC1COC1. The Hall–Kier alpha value is -0.610. The Morgan fingerprint density at radius 3 is 2.93 bits per heavy atom. The monoisotopic (exact) mass is 201 g/mol. The lowest BCUT2D eigenvalue weighted by molar-refractivity contribution is -0.126. The summed E-state index contributed by atoms with van der Waals surface area (Å²) in [6.45, 7) is 5.64. The second kappa shape index (κ2) is 6.79. The van der Waals surface area contributed by atoms with Crippen LogP contribution < -0.4 is 5.32 Å². The van der Waals surface area contributed by atoms with Gasteiger partial charge in [0.25, 0.3) is 0 Å². The molecular weight excluding hydrogens is 182 g/mol. The summed E-state index contributed by atoms with van der Waals surface area (Å²) < 4.78 is 10.2. The molecule has 0 bridgehead atoms. The molecule has 82 valence electrons. The third-order valence-corrected chi connectivity index (χ3v) is 2.17. The van der Waals surface area contributed by atoms with E-state index in [4.69, 9.17) is 9.47 Å². The lowest BCUT2D eigenvalue weighted by Crippen LogP contribution is -2.34. The summed E-state index contributed by atoms with van der Waals surface area (Å²) >= 11 is 0. The van der Waals surface area contributed by atoms with E-state index in [2.05, 4.69) is 5.32 Å². The van der Waals surface area contributed by atoms with Gasteiger partial charge in [0.05, 0.1) is 13.2 Å². The molecule has 0 aromatic rings. The number of carbonyl (C=O) groups is 1. The van der Waals surface area contributed by atoms with Crippen molar-refractivity contribution in [3.05, 3.63) is 0 Å². The molecule has 0 aliphatic carbocycles. The lowest BCUT2D eigenvalue weighted by Gasteiger charge is -2.25. The quantitative estimate of drug-likeness (QED) is 0.612. The molecule has 0 spiro atoms. The van der Waals surface area contributed by atoms with E-state index in [1.165, 1.54) is 0 Å². The van der Waals surface area contributed by atoms with Gasteiger partial charge in [-0.3, -0.25) is 4.79 Å². The zero-order valence-corrected chi connectivity index (χ0v) is 8.75. The highest BCUT2D eigenvalue weighted by atomic mass is 16.5. The first-order chi connectivity index (χ1) is 6.83. The molecule has 4 nitrogen and oxygen atoms in total. The molecule has 1 saturated heterocycles. The van der Waals surface area contributed by atoms with E-state index in [0.29, 0.717) is 18.9 Å². The predicted molar refractivity (Wildman–Crippen MR) is 53.0 cm³/mol. The van der Waals surface area contributed by atoms with Gasteiger partial charge in [0.15, 0.2) is 0 Å². The molecule has 0 aromatic carbocycles. The maximum absolute atomic E-state index is 11.3. The van der Waals surface area contributed by atoms with Crippen molar-refractivity contribution in [3.8, 4) is 0 Å². The zero-order chi connectivity index (χ0) is 10.2. The van der Waals surface area contributed by atoms with Gasteiger partial charge in [-0.15, -0.1) is 0 Å². The van der Waals surface area contributed by atoms with Crippen molar-refractivity contribution < 1.29 is 14.3 Å². The summed E-state index contributed by atoms with van der Waals surface area (Å²) in [6.07, 6.45) is 1.50. The molecular formula is C10H19NO3. The van der Waals surface area contributed by atoms with Crippen molar-refractivity contribution >= 4 is 5.91 Å².